The second-order valence-corrected chi connectivity index (χ2v) is 6.41. The maximum atomic E-state index is 4.16. The maximum Gasteiger partial charge on any atom is 0.115 e. The van der Waals surface area contributed by atoms with E-state index < -0.39 is 0 Å². The summed E-state index contributed by atoms with van der Waals surface area (Å²) in [6.07, 6.45) is 9.07. The maximum absolute atomic E-state index is 4.16. The predicted molar refractivity (Wildman–Crippen MR) is 87.9 cm³/mol. The van der Waals surface area contributed by atoms with Gasteiger partial charge in [0.25, 0.3) is 0 Å². The van der Waals surface area contributed by atoms with Crippen molar-refractivity contribution in [1.29, 1.82) is 0 Å². The molecular weight excluding hydrogens is 272 g/mol. The molecule has 4 nitrogen and oxygen atoms in total. The van der Waals surface area contributed by atoms with Crippen molar-refractivity contribution in [2.75, 3.05) is 18.0 Å². The molecule has 2 aliphatic rings. The zero-order valence-electron chi connectivity index (χ0n) is 13.0. The van der Waals surface area contributed by atoms with Crippen LogP contribution in [0.3, 0.4) is 0 Å². The number of aromatic nitrogens is 2. The van der Waals surface area contributed by atoms with Gasteiger partial charge in [0.2, 0.25) is 0 Å². The summed E-state index contributed by atoms with van der Waals surface area (Å²) in [6.45, 7) is 5.37. The van der Waals surface area contributed by atoms with E-state index in [1.165, 1.54) is 35.1 Å². The Morgan fingerprint density at radius 1 is 1.23 bits per heavy atom. The molecule has 3 heterocycles. The fourth-order valence-corrected chi connectivity index (χ4v) is 3.80. The SMILES string of the molecule is Cc1cc2c(c([C@@H]3CCCN3)c1)CN(c1cncnc1)CC2. The van der Waals surface area contributed by atoms with Crippen LogP contribution in [0.2, 0.25) is 0 Å². The molecule has 4 rings (SSSR count). The highest BCUT2D eigenvalue weighted by Gasteiger charge is 2.25. The van der Waals surface area contributed by atoms with Gasteiger partial charge in [-0.05, 0) is 49.4 Å². The standard InChI is InChI=1S/C18H22N4/c1-13-7-14-4-6-22(15-9-19-12-20-10-15)11-17(14)16(8-13)18-3-2-5-21-18/h7-10,12,18,21H,2-6,11H2,1H3/t18-/m0/s1. The Hall–Kier alpha value is -1.94. The van der Waals surface area contributed by atoms with Crippen LogP contribution in [-0.4, -0.2) is 23.1 Å². The summed E-state index contributed by atoms with van der Waals surface area (Å²) in [5.41, 5.74) is 7.06. The second kappa shape index (κ2) is 5.69. The molecule has 0 amide bonds. The monoisotopic (exact) mass is 294 g/mol. The minimum atomic E-state index is 0.528. The van der Waals surface area contributed by atoms with Crippen molar-refractivity contribution in [3.8, 4) is 0 Å². The summed E-state index contributed by atoms with van der Waals surface area (Å²) in [6, 6.07) is 5.28. The lowest BCUT2D eigenvalue weighted by atomic mass is 9.88. The van der Waals surface area contributed by atoms with E-state index in [9.17, 15) is 0 Å². The minimum Gasteiger partial charge on any atom is -0.364 e. The molecule has 0 radical (unpaired) electrons. The van der Waals surface area contributed by atoms with Crippen molar-refractivity contribution in [2.24, 2.45) is 0 Å². The van der Waals surface area contributed by atoms with E-state index in [1.807, 2.05) is 12.4 Å². The lowest BCUT2D eigenvalue weighted by Gasteiger charge is -2.33. The molecule has 1 N–H and O–H groups in total. The van der Waals surface area contributed by atoms with Crippen LogP contribution >= 0.6 is 0 Å². The number of rotatable bonds is 2. The molecule has 2 aliphatic heterocycles. The predicted octanol–water partition coefficient (Wildman–Crippen LogP) is 2.77. The van der Waals surface area contributed by atoms with Gasteiger partial charge >= 0.3 is 0 Å². The number of benzene rings is 1. The normalized spacial score (nSPS) is 21.0. The zero-order chi connectivity index (χ0) is 14.9. The smallest absolute Gasteiger partial charge is 0.115 e. The largest absolute Gasteiger partial charge is 0.364 e. The van der Waals surface area contributed by atoms with E-state index in [0.717, 1.165) is 31.7 Å². The Morgan fingerprint density at radius 3 is 2.86 bits per heavy atom. The molecule has 1 fully saturated rings. The number of nitrogens with one attached hydrogen (secondary N) is 1. The molecule has 1 saturated heterocycles. The van der Waals surface area contributed by atoms with Gasteiger partial charge < -0.3 is 10.2 Å². The van der Waals surface area contributed by atoms with Crippen LogP contribution in [0.5, 0.6) is 0 Å². The Labute approximate surface area is 131 Å². The summed E-state index contributed by atoms with van der Waals surface area (Å²) in [5.74, 6) is 0. The number of anilines is 1. The minimum absolute atomic E-state index is 0.528. The molecule has 114 valence electrons. The first-order valence-electron chi connectivity index (χ1n) is 8.17. The number of hydrogen-bond donors (Lipinski definition) is 1. The highest BCUT2D eigenvalue weighted by atomic mass is 15.1. The first-order valence-corrected chi connectivity index (χ1v) is 8.17. The summed E-state index contributed by atoms with van der Waals surface area (Å²) >= 11 is 0. The van der Waals surface area contributed by atoms with Gasteiger partial charge in [0.05, 0.1) is 18.1 Å². The average molecular weight is 294 g/mol. The molecule has 1 aromatic carbocycles. The van der Waals surface area contributed by atoms with Crippen LogP contribution in [0.4, 0.5) is 5.69 Å². The molecule has 22 heavy (non-hydrogen) atoms. The highest BCUT2D eigenvalue weighted by molar-refractivity contribution is 5.50. The number of fused-ring (bicyclic) bond motifs is 1. The quantitative estimate of drug-likeness (QED) is 0.924. The zero-order valence-corrected chi connectivity index (χ0v) is 13.0. The van der Waals surface area contributed by atoms with E-state index in [-0.39, 0.29) is 0 Å². The van der Waals surface area contributed by atoms with Crippen molar-refractivity contribution in [1.82, 2.24) is 15.3 Å². The van der Waals surface area contributed by atoms with Gasteiger partial charge in [-0.15, -0.1) is 0 Å². The fraction of sp³-hybridized carbons (Fsp3) is 0.444. The van der Waals surface area contributed by atoms with Gasteiger partial charge in [-0.25, -0.2) is 9.97 Å². The Bertz CT molecular complexity index is 662. The van der Waals surface area contributed by atoms with Crippen LogP contribution in [0.15, 0.2) is 30.9 Å². The third kappa shape index (κ3) is 2.48. The van der Waals surface area contributed by atoms with E-state index >= 15 is 0 Å². The van der Waals surface area contributed by atoms with Crippen molar-refractivity contribution in [2.45, 2.75) is 38.8 Å². The lowest BCUT2D eigenvalue weighted by molar-refractivity contribution is 0.624. The number of hydrogen-bond acceptors (Lipinski definition) is 4. The van der Waals surface area contributed by atoms with Gasteiger partial charge in [0, 0.05) is 19.1 Å². The van der Waals surface area contributed by atoms with Crippen molar-refractivity contribution >= 4 is 5.69 Å². The molecule has 1 aromatic heterocycles. The number of aryl methyl sites for hydroxylation is 1. The van der Waals surface area contributed by atoms with Gasteiger partial charge in [-0.2, -0.15) is 0 Å². The second-order valence-electron chi connectivity index (χ2n) is 6.41. The van der Waals surface area contributed by atoms with Crippen LogP contribution in [0.1, 0.15) is 41.1 Å². The molecular formula is C18H22N4. The molecule has 4 heteroatoms. The van der Waals surface area contributed by atoms with Gasteiger partial charge in [0.1, 0.15) is 6.33 Å². The van der Waals surface area contributed by atoms with E-state index in [0.29, 0.717) is 6.04 Å². The molecule has 1 atom stereocenters. The van der Waals surface area contributed by atoms with E-state index in [2.05, 4.69) is 39.2 Å². The molecule has 0 aliphatic carbocycles. The van der Waals surface area contributed by atoms with Crippen LogP contribution < -0.4 is 10.2 Å². The van der Waals surface area contributed by atoms with Crippen molar-refractivity contribution in [3.63, 3.8) is 0 Å². The molecule has 0 spiro atoms. The van der Waals surface area contributed by atoms with E-state index in [1.54, 1.807) is 6.33 Å². The van der Waals surface area contributed by atoms with Crippen molar-refractivity contribution in [3.05, 3.63) is 53.1 Å². The fourth-order valence-electron chi connectivity index (χ4n) is 3.80. The topological polar surface area (TPSA) is 41.0 Å². The summed E-state index contributed by atoms with van der Waals surface area (Å²) < 4.78 is 0. The third-order valence-electron chi connectivity index (χ3n) is 4.87. The van der Waals surface area contributed by atoms with Crippen LogP contribution in [0.25, 0.3) is 0 Å². The van der Waals surface area contributed by atoms with Crippen LogP contribution in [-0.2, 0) is 13.0 Å². The van der Waals surface area contributed by atoms with E-state index in [4.69, 9.17) is 0 Å². The lowest BCUT2D eigenvalue weighted by Crippen LogP contribution is -2.32. The molecule has 0 saturated carbocycles. The molecule has 2 aromatic rings. The molecule has 0 unspecified atom stereocenters. The summed E-state index contributed by atoms with van der Waals surface area (Å²) in [4.78, 5) is 10.7. The average Bonchev–Trinajstić information content (AvgIpc) is 3.09. The van der Waals surface area contributed by atoms with Gasteiger partial charge in [-0.3, -0.25) is 0 Å². The van der Waals surface area contributed by atoms with Gasteiger partial charge in [-0.1, -0.05) is 17.7 Å². The Kier molecular flexibility index (Phi) is 3.54. The summed E-state index contributed by atoms with van der Waals surface area (Å²) in [5, 5.41) is 3.66. The van der Waals surface area contributed by atoms with Crippen molar-refractivity contribution < 1.29 is 0 Å². The number of nitrogens with zero attached hydrogens (tertiary/aromatic N) is 3. The van der Waals surface area contributed by atoms with Gasteiger partial charge in [0.15, 0.2) is 0 Å². The Balaban J connectivity index is 1.70. The Morgan fingerprint density at radius 2 is 2.09 bits per heavy atom. The summed E-state index contributed by atoms with van der Waals surface area (Å²) in [7, 11) is 0. The third-order valence-corrected chi connectivity index (χ3v) is 4.87. The molecule has 0 bridgehead atoms. The van der Waals surface area contributed by atoms with Crippen LogP contribution in [0, 0.1) is 6.92 Å². The highest BCUT2D eigenvalue weighted by Crippen LogP contribution is 2.33. The first kappa shape index (κ1) is 13.7. The first-order chi connectivity index (χ1) is 10.8.